The number of nitrogens with one attached hydrogen (secondary N) is 1. The molecule has 0 radical (unpaired) electrons. The van der Waals surface area contributed by atoms with E-state index in [1.165, 1.54) is 12.1 Å². The summed E-state index contributed by atoms with van der Waals surface area (Å²) in [5.74, 6) is -0.319. The summed E-state index contributed by atoms with van der Waals surface area (Å²) < 4.78 is 23.4. The molecule has 0 aromatic heterocycles. The average molecular weight is 363 g/mol. The van der Waals surface area contributed by atoms with Crippen LogP contribution in [0.25, 0.3) is 0 Å². The van der Waals surface area contributed by atoms with Crippen LogP contribution in [0.2, 0.25) is 0 Å². The summed E-state index contributed by atoms with van der Waals surface area (Å²) >= 11 is 3.25. The number of sulfonamides is 1. The second kappa shape index (κ2) is 5.83. The highest BCUT2D eigenvalue weighted by Gasteiger charge is 2.22. The number of rotatable bonds is 4. The summed E-state index contributed by atoms with van der Waals surface area (Å²) in [6.45, 7) is 7.51. The molecule has 7 heteroatoms. The quantitative estimate of drug-likeness (QED) is 0.860. The smallest absolute Gasteiger partial charge is 0.252 e. The molecule has 3 N–H and O–H groups in total. The van der Waals surface area contributed by atoms with E-state index >= 15 is 0 Å². The molecular weight excluding hydrogens is 344 g/mol. The number of carbonyl (C=O) groups is 1. The molecule has 1 amide bonds. The van der Waals surface area contributed by atoms with Gasteiger partial charge in [-0.3, -0.25) is 4.79 Å². The molecule has 0 atom stereocenters. The number of benzene rings is 1. The zero-order valence-corrected chi connectivity index (χ0v) is 14.4. The van der Waals surface area contributed by atoms with E-state index < -0.39 is 10.0 Å². The third kappa shape index (κ3) is 4.04. The fourth-order valence-electron chi connectivity index (χ4n) is 1.52. The van der Waals surface area contributed by atoms with Crippen LogP contribution >= 0.6 is 15.9 Å². The number of carbonyl (C=O) groups excluding carboxylic acids is 1. The Kier molecular flexibility index (Phi) is 4.99. The highest BCUT2D eigenvalue weighted by atomic mass is 79.9. The largest absolute Gasteiger partial charge is 0.347 e. The van der Waals surface area contributed by atoms with Crippen LogP contribution in [-0.2, 0) is 10.0 Å². The van der Waals surface area contributed by atoms with Crippen molar-refractivity contribution >= 4 is 31.9 Å². The summed E-state index contributed by atoms with van der Waals surface area (Å²) in [6, 6.07) is 2.70. The highest BCUT2D eigenvalue weighted by Crippen LogP contribution is 2.25. The molecule has 0 bridgehead atoms. The molecule has 1 aromatic rings. The van der Waals surface area contributed by atoms with Gasteiger partial charge in [0.1, 0.15) is 0 Å². The van der Waals surface area contributed by atoms with Gasteiger partial charge in [-0.2, -0.15) is 0 Å². The average Bonchev–Trinajstić information content (AvgIpc) is 2.30. The zero-order chi connectivity index (χ0) is 15.7. The maximum atomic E-state index is 12.3. The molecule has 1 rings (SSSR count). The van der Waals surface area contributed by atoms with Crippen LogP contribution in [0.15, 0.2) is 21.5 Å². The number of halogens is 1. The Bertz CT molecular complexity index is 639. The van der Waals surface area contributed by atoms with E-state index in [2.05, 4.69) is 21.2 Å². The van der Waals surface area contributed by atoms with Gasteiger partial charge in [0.15, 0.2) is 0 Å². The Hall–Kier alpha value is -0.920. The topological polar surface area (TPSA) is 89.3 Å². The summed E-state index contributed by atoms with van der Waals surface area (Å²) in [4.78, 5) is 12.2. The third-order valence-corrected chi connectivity index (χ3v) is 4.94. The number of amides is 1. The molecule has 5 nitrogen and oxygen atoms in total. The van der Waals surface area contributed by atoms with Crippen molar-refractivity contribution in [3.8, 4) is 0 Å². The van der Waals surface area contributed by atoms with Gasteiger partial charge in [0.2, 0.25) is 10.0 Å². The van der Waals surface area contributed by atoms with Crippen LogP contribution in [-0.4, -0.2) is 19.9 Å². The van der Waals surface area contributed by atoms with Crippen molar-refractivity contribution in [3.63, 3.8) is 0 Å². The standard InChI is InChI=1S/C13H19BrN2O3S/c1-5-13(3,4)16-12(17)10-6-9(20(15,18)19)7-11(14)8(10)2/h6-7H,5H2,1-4H3,(H,16,17)(H2,15,18,19). The van der Waals surface area contributed by atoms with Gasteiger partial charge >= 0.3 is 0 Å². The van der Waals surface area contributed by atoms with Gasteiger partial charge in [-0.15, -0.1) is 0 Å². The summed E-state index contributed by atoms with van der Waals surface area (Å²) in [7, 11) is -3.86. The van der Waals surface area contributed by atoms with Crippen LogP contribution in [0, 0.1) is 6.92 Å². The van der Waals surface area contributed by atoms with E-state index in [0.717, 1.165) is 6.42 Å². The molecule has 20 heavy (non-hydrogen) atoms. The fourth-order valence-corrected chi connectivity index (χ4v) is 2.69. The first-order chi connectivity index (χ1) is 8.98. The molecule has 0 spiro atoms. The number of nitrogens with two attached hydrogens (primary N) is 1. The lowest BCUT2D eigenvalue weighted by Crippen LogP contribution is -2.43. The van der Waals surface area contributed by atoms with Crippen molar-refractivity contribution in [2.75, 3.05) is 0 Å². The van der Waals surface area contributed by atoms with Gasteiger partial charge in [-0.05, 0) is 44.9 Å². The molecule has 0 fully saturated rings. The number of hydrogen-bond acceptors (Lipinski definition) is 3. The first kappa shape index (κ1) is 17.1. The van der Waals surface area contributed by atoms with Crippen molar-refractivity contribution in [3.05, 3.63) is 27.7 Å². The molecule has 0 heterocycles. The van der Waals surface area contributed by atoms with Crippen LogP contribution in [0.4, 0.5) is 0 Å². The molecule has 0 unspecified atom stereocenters. The Balaban J connectivity index is 3.31. The molecule has 0 saturated heterocycles. The summed E-state index contributed by atoms with van der Waals surface area (Å²) in [5.41, 5.74) is 0.597. The lowest BCUT2D eigenvalue weighted by atomic mass is 10.0. The van der Waals surface area contributed by atoms with Crippen molar-refractivity contribution in [2.45, 2.75) is 44.6 Å². The van der Waals surface area contributed by atoms with Gasteiger partial charge in [0.25, 0.3) is 5.91 Å². The lowest BCUT2D eigenvalue weighted by Gasteiger charge is -2.25. The molecular formula is C13H19BrN2O3S. The predicted octanol–water partition coefficient (Wildman–Crippen LogP) is 2.32. The Morgan fingerprint density at radius 3 is 2.40 bits per heavy atom. The first-order valence-corrected chi connectivity index (χ1v) is 8.47. The molecule has 0 aliphatic carbocycles. The zero-order valence-electron chi connectivity index (χ0n) is 12.0. The van der Waals surface area contributed by atoms with Crippen LogP contribution in [0.3, 0.4) is 0 Å². The minimum atomic E-state index is -3.86. The van der Waals surface area contributed by atoms with Crippen molar-refractivity contribution in [2.24, 2.45) is 5.14 Å². The van der Waals surface area contributed by atoms with Gasteiger partial charge in [-0.25, -0.2) is 13.6 Å². The lowest BCUT2D eigenvalue weighted by molar-refractivity contribution is 0.0910. The predicted molar refractivity (Wildman–Crippen MR) is 82.1 cm³/mol. The Morgan fingerprint density at radius 1 is 1.40 bits per heavy atom. The molecule has 112 valence electrons. The number of primary sulfonamides is 1. The minimum absolute atomic E-state index is 0.0885. The van der Waals surface area contributed by atoms with E-state index in [9.17, 15) is 13.2 Å². The van der Waals surface area contributed by atoms with Crippen LogP contribution < -0.4 is 10.5 Å². The monoisotopic (exact) mass is 362 g/mol. The molecule has 1 aromatic carbocycles. The van der Waals surface area contributed by atoms with Crippen molar-refractivity contribution in [1.29, 1.82) is 0 Å². The van der Waals surface area contributed by atoms with E-state index in [1.807, 2.05) is 20.8 Å². The van der Waals surface area contributed by atoms with Crippen LogP contribution in [0.5, 0.6) is 0 Å². The molecule has 0 aliphatic rings. The summed E-state index contributed by atoms with van der Waals surface area (Å²) in [5, 5.41) is 7.99. The molecule has 0 saturated carbocycles. The van der Waals surface area contributed by atoms with Gasteiger partial charge in [0, 0.05) is 15.6 Å². The van der Waals surface area contributed by atoms with Crippen molar-refractivity contribution in [1.82, 2.24) is 5.32 Å². The third-order valence-electron chi connectivity index (χ3n) is 3.23. The highest BCUT2D eigenvalue weighted by molar-refractivity contribution is 9.10. The van der Waals surface area contributed by atoms with E-state index in [4.69, 9.17) is 5.14 Å². The van der Waals surface area contributed by atoms with E-state index in [0.29, 0.717) is 15.6 Å². The number of hydrogen-bond donors (Lipinski definition) is 2. The van der Waals surface area contributed by atoms with E-state index in [1.54, 1.807) is 6.92 Å². The summed E-state index contributed by atoms with van der Waals surface area (Å²) in [6.07, 6.45) is 0.758. The van der Waals surface area contributed by atoms with Gasteiger partial charge in [-0.1, -0.05) is 22.9 Å². The van der Waals surface area contributed by atoms with Gasteiger partial charge in [0.05, 0.1) is 4.90 Å². The van der Waals surface area contributed by atoms with Crippen LogP contribution in [0.1, 0.15) is 43.1 Å². The second-order valence-corrected chi connectivity index (χ2v) is 7.73. The SMILES string of the molecule is CCC(C)(C)NC(=O)c1cc(S(N)(=O)=O)cc(Br)c1C. The minimum Gasteiger partial charge on any atom is -0.347 e. The van der Waals surface area contributed by atoms with E-state index in [-0.39, 0.29) is 16.3 Å². The second-order valence-electron chi connectivity index (χ2n) is 5.31. The first-order valence-electron chi connectivity index (χ1n) is 6.13. The maximum absolute atomic E-state index is 12.3. The maximum Gasteiger partial charge on any atom is 0.252 e. The Morgan fingerprint density at radius 2 is 1.95 bits per heavy atom. The fraction of sp³-hybridized carbons (Fsp3) is 0.462. The molecule has 0 aliphatic heterocycles. The van der Waals surface area contributed by atoms with Gasteiger partial charge < -0.3 is 5.32 Å². The Labute approximate surface area is 128 Å². The van der Waals surface area contributed by atoms with Crippen molar-refractivity contribution < 1.29 is 13.2 Å². The normalized spacial score (nSPS) is 12.3.